The van der Waals surface area contributed by atoms with E-state index in [-0.39, 0.29) is 35.9 Å². The quantitative estimate of drug-likeness (QED) is 0.904. The highest BCUT2D eigenvalue weighted by Gasteiger charge is 2.29. The number of halogens is 3. The molecule has 1 aromatic carbocycles. The van der Waals surface area contributed by atoms with Crippen molar-refractivity contribution in [1.82, 2.24) is 0 Å². The Kier molecular flexibility index (Phi) is 4.80. The van der Waals surface area contributed by atoms with Crippen molar-refractivity contribution >= 4 is 12.4 Å². The molecule has 0 saturated heterocycles. The van der Waals surface area contributed by atoms with E-state index in [9.17, 15) is 8.78 Å². The molecule has 0 heterocycles. The van der Waals surface area contributed by atoms with Crippen molar-refractivity contribution in [3.05, 3.63) is 29.3 Å². The van der Waals surface area contributed by atoms with Crippen LogP contribution in [0.15, 0.2) is 12.1 Å². The maximum atomic E-state index is 13.9. The van der Waals surface area contributed by atoms with Crippen molar-refractivity contribution in [3.63, 3.8) is 0 Å². The van der Waals surface area contributed by atoms with Crippen LogP contribution in [0.5, 0.6) is 5.75 Å². The third-order valence-electron chi connectivity index (χ3n) is 3.20. The van der Waals surface area contributed by atoms with Gasteiger partial charge < -0.3 is 10.5 Å². The molecule has 0 spiro atoms. The number of benzene rings is 1. The van der Waals surface area contributed by atoms with Gasteiger partial charge >= 0.3 is 0 Å². The van der Waals surface area contributed by atoms with E-state index in [1.165, 1.54) is 12.1 Å². The summed E-state index contributed by atoms with van der Waals surface area (Å²) in [6.07, 6.45) is 1.47. The van der Waals surface area contributed by atoms with E-state index >= 15 is 0 Å². The molecular weight excluding hydrogens is 272 g/mol. The Balaban J connectivity index is 0.00000180. The molecule has 2 nitrogen and oxygen atoms in total. The van der Waals surface area contributed by atoms with Crippen LogP contribution >= 0.6 is 12.4 Å². The zero-order valence-electron chi connectivity index (χ0n) is 11.4. The lowest BCUT2D eigenvalue weighted by molar-refractivity contribution is 0.1000. The maximum Gasteiger partial charge on any atom is 0.133 e. The molecule has 0 bridgehead atoms. The molecule has 1 aliphatic rings. The molecule has 5 heteroatoms. The van der Waals surface area contributed by atoms with Crippen LogP contribution in [-0.2, 0) is 5.41 Å². The second kappa shape index (κ2) is 5.63. The van der Waals surface area contributed by atoms with E-state index in [2.05, 4.69) is 0 Å². The zero-order valence-corrected chi connectivity index (χ0v) is 12.2. The van der Waals surface area contributed by atoms with E-state index in [1.807, 2.05) is 0 Å². The van der Waals surface area contributed by atoms with Crippen molar-refractivity contribution in [3.8, 4) is 5.75 Å². The largest absolute Gasteiger partial charge is 0.490 e. The SMILES string of the molecule is CC(C)(C)c1c(F)cc(OC2CC(N)C2)cc1F.Cl. The molecule has 2 N–H and O–H groups in total. The Morgan fingerprint density at radius 3 is 2.00 bits per heavy atom. The average molecular weight is 292 g/mol. The van der Waals surface area contributed by atoms with Gasteiger partial charge in [0.2, 0.25) is 0 Å². The highest BCUT2D eigenvalue weighted by atomic mass is 35.5. The normalized spacial score (nSPS) is 22.4. The summed E-state index contributed by atoms with van der Waals surface area (Å²) < 4.78 is 33.3. The first kappa shape index (κ1) is 16.2. The highest BCUT2D eigenvalue weighted by molar-refractivity contribution is 5.85. The summed E-state index contributed by atoms with van der Waals surface area (Å²) in [6, 6.07) is 2.67. The Bertz CT molecular complexity index is 430. The van der Waals surface area contributed by atoms with E-state index in [0.717, 1.165) is 12.8 Å². The molecular formula is C14H20ClF2NO. The predicted octanol–water partition coefficient (Wildman–Crippen LogP) is 3.55. The molecule has 0 aromatic heterocycles. The number of rotatable bonds is 2. The first-order valence-corrected chi connectivity index (χ1v) is 6.19. The number of ether oxygens (including phenoxy) is 1. The standard InChI is InChI=1S/C14H19F2NO.ClH/c1-14(2,3)13-11(15)6-10(7-12(13)16)18-9-4-8(17)5-9;/h6-9H,4-5,17H2,1-3H3;1H. The van der Waals surface area contributed by atoms with E-state index in [4.69, 9.17) is 10.5 Å². The minimum absolute atomic E-state index is 0. The van der Waals surface area contributed by atoms with Crippen molar-refractivity contribution < 1.29 is 13.5 Å². The summed E-state index contributed by atoms with van der Waals surface area (Å²) >= 11 is 0. The summed E-state index contributed by atoms with van der Waals surface area (Å²) in [5, 5.41) is 0. The summed E-state index contributed by atoms with van der Waals surface area (Å²) in [5.74, 6) is -0.864. The molecule has 2 rings (SSSR count). The first-order valence-electron chi connectivity index (χ1n) is 6.19. The van der Waals surface area contributed by atoms with Gasteiger partial charge in [-0.3, -0.25) is 0 Å². The van der Waals surface area contributed by atoms with Crippen molar-refractivity contribution in [1.29, 1.82) is 0 Å². The minimum Gasteiger partial charge on any atom is -0.490 e. The fourth-order valence-corrected chi connectivity index (χ4v) is 2.23. The van der Waals surface area contributed by atoms with Crippen LogP contribution in [0, 0.1) is 11.6 Å². The number of nitrogens with two attached hydrogens (primary N) is 1. The molecule has 108 valence electrons. The van der Waals surface area contributed by atoms with Gasteiger partial charge in [-0.05, 0) is 18.3 Å². The summed E-state index contributed by atoms with van der Waals surface area (Å²) in [6.45, 7) is 5.33. The molecule has 1 aliphatic carbocycles. The summed E-state index contributed by atoms with van der Waals surface area (Å²) in [5.41, 5.74) is 5.17. The molecule has 0 atom stereocenters. The van der Waals surface area contributed by atoms with Crippen LogP contribution in [0.2, 0.25) is 0 Å². The monoisotopic (exact) mass is 291 g/mol. The van der Waals surface area contributed by atoms with Crippen molar-refractivity contribution in [2.75, 3.05) is 0 Å². The molecule has 1 fully saturated rings. The third kappa shape index (κ3) is 3.57. The fourth-order valence-electron chi connectivity index (χ4n) is 2.23. The molecule has 0 amide bonds. The molecule has 0 aliphatic heterocycles. The lowest BCUT2D eigenvalue weighted by Gasteiger charge is -2.32. The van der Waals surface area contributed by atoms with Gasteiger partial charge in [-0.15, -0.1) is 12.4 Å². The van der Waals surface area contributed by atoms with Crippen LogP contribution in [0.3, 0.4) is 0 Å². The van der Waals surface area contributed by atoms with E-state index in [0.29, 0.717) is 0 Å². The van der Waals surface area contributed by atoms with Gasteiger partial charge in [0.1, 0.15) is 23.5 Å². The van der Waals surface area contributed by atoms with Gasteiger partial charge in [0.25, 0.3) is 0 Å². The van der Waals surface area contributed by atoms with E-state index < -0.39 is 17.0 Å². The molecule has 0 radical (unpaired) electrons. The third-order valence-corrected chi connectivity index (χ3v) is 3.20. The van der Waals surface area contributed by atoms with Crippen molar-refractivity contribution in [2.24, 2.45) is 5.73 Å². The zero-order chi connectivity index (χ0) is 13.5. The smallest absolute Gasteiger partial charge is 0.133 e. The van der Waals surface area contributed by atoms with Gasteiger partial charge in [-0.1, -0.05) is 20.8 Å². The lowest BCUT2D eigenvalue weighted by atomic mass is 9.86. The first-order chi connectivity index (χ1) is 8.27. The second-order valence-corrected chi connectivity index (χ2v) is 5.98. The lowest BCUT2D eigenvalue weighted by Crippen LogP contribution is -2.43. The Morgan fingerprint density at radius 1 is 1.16 bits per heavy atom. The van der Waals surface area contributed by atoms with Crippen LogP contribution in [0.4, 0.5) is 8.78 Å². The molecule has 1 aromatic rings. The molecule has 1 saturated carbocycles. The fraction of sp³-hybridized carbons (Fsp3) is 0.571. The van der Waals surface area contributed by atoms with Crippen molar-refractivity contribution in [2.45, 2.75) is 51.2 Å². The van der Waals surface area contributed by atoms with Gasteiger partial charge in [-0.25, -0.2) is 8.78 Å². The number of hydrogen-bond acceptors (Lipinski definition) is 2. The topological polar surface area (TPSA) is 35.2 Å². The van der Waals surface area contributed by atoms with Gasteiger partial charge in [-0.2, -0.15) is 0 Å². The van der Waals surface area contributed by atoms with Gasteiger partial charge in [0.05, 0.1) is 0 Å². The van der Waals surface area contributed by atoms with Crippen LogP contribution < -0.4 is 10.5 Å². The highest BCUT2D eigenvalue weighted by Crippen LogP contribution is 2.32. The Labute approximate surface area is 118 Å². The maximum absolute atomic E-state index is 13.9. The summed E-state index contributed by atoms with van der Waals surface area (Å²) in [7, 11) is 0. The van der Waals surface area contributed by atoms with Crippen LogP contribution in [-0.4, -0.2) is 12.1 Å². The second-order valence-electron chi connectivity index (χ2n) is 5.98. The Morgan fingerprint density at radius 2 is 1.63 bits per heavy atom. The minimum atomic E-state index is -0.564. The Hall–Kier alpha value is -0.870. The average Bonchev–Trinajstić information content (AvgIpc) is 2.11. The summed E-state index contributed by atoms with van der Waals surface area (Å²) in [4.78, 5) is 0. The van der Waals surface area contributed by atoms with Gasteiger partial charge in [0.15, 0.2) is 0 Å². The van der Waals surface area contributed by atoms with Gasteiger partial charge in [0, 0.05) is 23.7 Å². The van der Waals surface area contributed by atoms with Crippen LogP contribution in [0.1, 0.15) is 39.2 Å². The van der Waals surface area contributed by atoms with E-state index in [1.54, 1.807) is 20.8 Å². The molecule has 19 heavy (non-hydrogen) atoms. The van der Waals surface area contributed by atoms with Crippen LogP contribution in [0.25, 0.3) is 0 Å². The predicted molar refractivity (Wildman–Crippen MR) is 73.9 cm³/mol. The molecule has 0 unspecified atom stereocenters. The number of hydrogen-bond donors (Lipinski definition) is 1.